The van der Waals surface area contributed by atoms with E-state index in [0.29, 0.717) is 15.6 Å². The molecule has 1 heterocycles. The smallest absolute Gasteiger partial charge is 0.390 e. The number of nitrogens with two attached hydrogens (primary N) is 1. The summed E-state index contributed by atoms with van der Waals surface area (Å²) in [4.78, 5) is 12.3. The Morgan fingerprint density at radius 2 is 2.17 bits per heavy atom. The standard InChI is InChI=1S/C11H13F3N2OS/c12-11(13,14)3-4-16-8-5-7(15)10(18-8)9(17)6-1-2-6/h5-6,16H,1-4,15H2. The van der Waals surface area contributed by atoms with Crippen LogP contribution in [0.1, 0.15) is 28.9 Å². The Morgan fingerprint density at radius 1 is 1.50 bits per heavy atom. The summed E-state index contributed by atoms with van der Waals surface area (Å²) in [5.41, 5.74) is 6.05. The van der Waals surface area contributed by atoms with E-state index in [9.17, 15) is 18.0 Å². The van der Waals surface area contributed by atoms with Crippen LogP contribution in [0.3, 0.4) is 0 Å². The highest BCUT2D eigenvalue weighted by molar-refractivity contribution is 7.18. The summed E-state index contributed by atoms with van der Waals surface area (Å²) in [6.45, 7) is -0.208. The lowest BCUT2D eigenvalue weighted by Gasteiger charge is -2.06. The number of thiophene rings is 1. The van der Waals surface area contributed by atoms with Crippen LogP contribution in [0.2, 0.25) is 0 Å². The van der Waals surface area contributed by atoms with Crippen LogP contribution in [-0.2, 0) is 0 Å². The molecule has 0 aliphatic heterocycles. The van der Waals surface area contributed by atoms with Crippen LogP contribution in [0.4, 0.5) is 23.9 Å². The Bertz CT molecular complexity index is 452. The molecule has 1 aliphatic rings. The molecule has 0 unspecified atom stereocenters. The number of alkyl halides is 3. The lowest BCUT2D eigenvalue weighted by Crippen LogP contribution is -2.14. The molecule has 0 atom stereocenters. The van der Waals surface area contributed by atoms with Crippen molar-refractivity contribution in [3.8, 4) is 0 Å². The van der Waals surface area contributed by atoms with Gasteiger partial charge in [-0.1, -0.05) is 0 Å². The summed E-state index contributed by atoms with van der Waals surface area (Å²) < 4.78 is 35.9. The minimum atomic E-state index is -4.18. The van der Waals surface area contributed by atoms with E-state index < -0.39 is 12.6 Å². The summed E-state index contributed by atoms with van der Waals surface area (Å²) in [6.07, 6.45) is -3.32. The van der Waals surface area contributed by atoms with Crippen LogP contribution in [-0.4, -0.2) is 18.5 Å². The van der Waals surface area contributed by atoms with Crippen molar-refractivity contribution in [2.45, 2.75) is 25.4 Å². The summed E-state index contributed by atoms with van der Waals surface area (Å²) in [5.74, 6) is 0.0790. The number of rotatable bonds is 5. The third-order valence-corrected chi connectivity index (χ3v) is 3.76. The highest BCUT2D eigenvalue weighted by atomic mass is 32.1. The number of ketones is 1. The maximum atomic E-state index is 12.0. The number of Topliss-reactive ketones (excluding diaryl/α,β-unsaturated/α-hetero) is 1. The third-order valence-electron chi connectivity index (χ3n) is 2.64. The van der Waals surface area contributed by atoms with Crippen molar-refractivity contribution >= 4 is 27.8 Å². The molecule has 18 heavy (non-hydrogen) atoms. The summed E-state index contributed by atoms with van der Waals surface area (Å²) in [5, 5.41) is 3.16. The monoisotopic (exact) mass is 278 g/mol. The number of anilines is 2. The highest BCUT2D eigenvalue weighted by Crippen LogP contribution is 2.38. The van der Waals surface area contributed by atoms with Crippen LogP contribution in [0.15, 0.2) is 6.07 Å². The van der Waals surface area contributed by atoms with Gasteiger partial charge in [0.15, 0.2) is 5.78 Å². The minimum absolute atomic E-state index is 0.0152. The maximum absolute atomic E-state index is 12.0. The van der Waals surface area contributed by atoms with Crippen LogP contribution in [0.5, 0.6) is 0 Å². The summed E-state index contributed by atoms with van der Waals surface area (Å²) in [7, 11) is 0. The Labute approximate surface area is 106 Å². The second-order valence-electron chi connectivity index (χ2n) is 4.33. The molecule has 3 nitrogen and oxygen atoms in total. The molecule has 0 radical (unpaired) electrons. The average molecular weight is 278 g/mol. The van der Waals surface area contributed by atoms with Gasteiger partial charge < -0.3 is 11.1 Å². The van der Waals surface area contributed by atoms with E-state index in [1.807, 2.05) is 0 Å². The first-order valence-electron chi connectivity index (χ1n) is 5.61. The molecule has 1 aromatic heterocycles. The quantitative estimate of drug-likeness (QED) is 0.813. The topological polar surface area (TPSA) is 55.1 Å². The van der Waals surface area contributed by atoms with Gasteiger partial charge in [-0.2, -0.15) is 13.2 Å². The Hall–Kier alpha value is -1.24. The van der Waals surface area contributed by atoms with Crippen LogP contribution >= 0.6 is 11.3 Å². The fraction of sp³-hybridized carbons (Fsp3) is 0.545. The van der Waals surface area contributed by atoms with Gasteiger partial charge >= 0.3 is 6.18 Å². The van der Waals surface area contributed by atoms with E-state index in [1.165, 1.54) is 6.07 Å². The molecule has 7 heteroatoms. The molecular formula is C11H13F3N2OS. The molecule has 2 rings (SSSR count). The van der Waals surface area contributed by atoms with Crippen molar-refractivity contribution in [2.75, 3.05) is 17.6 Å². The number of hydrogen-bond acceptors (Lipinski definition) is 4. The van der Waals surface area contributed by atoms with E-state index in [1.54, 1.807) is 0 Å². The number of carbonyl (C=O) groups excluding carboxylic acids is 1. The van der Waals surface area contributed by atoms with E-state index in [4.69, 9.17) is 5.73 Å². The molecule has 1 saturated carbocycles. The zero-order valence-corrected chi connectivity index (χ0v) is 10.3. The first kappa shape index (κ1) is 13.2. The van der Waals surface area contributed by atoms with E-state index >= 15 is 0 Å². The lowest BCUT2D eigenvalue weighted by atomic mass is 10.2. The average Bonchev–Trinajstić information content (AvgIpc) is 3.01. The van der Waals surface area contributed by atoms with Gasteiger partial charge in [-0.3, -0.25) is 4.79 Å². The molecular weight excluding hydrogens is 265 g/mol. The van der Waals surface area contributed by atoms with E-state index in [2.05, 4.69) is 5.32 Å². The molecule has 0 bridgehead atoms. The van der Waals surface area contributed by atoms with Gasteiger partial charge in [-0.25, -0.2) is 0 Å². The lowest BCUT2D eigenvalue weighted by molar-refractivity contribution is -0.131. The molecule has 0 aromatic carbocycles. The van der Waals surface area contributed by atoms with Gasteiger partial charge in [0.25, 0.3) is 0 Å². The third kappa shape index (κ3) is 3.38. The molecule has 3 N–H and O–H groups in total. The van der Waals surface area contributed by atoms with Crippen molar-refractivity contribution in [1.29, 1.82) is 0 Å². The largest absolute Gasteiger partial charge is 0.397 e. The molecule has 0 spiro atoms. The van der Waals surface area contributed by atoms with Gasteiger partial charge in [-0.15, -0.1) is 11.3 Å². The van der Waals surface area contributed by atoms with Gasteiger partial charge in [0.05, 0.1) is 22.0 Å². The van der Waals surface area contributed by atoms with Crippen molar-refractivity contribution < 1.29 is 18.0 Å². The number of nitrogens with one attached hydrogen (secondary N) is 1. The van der Waals surface area contributed by atoms with Gasteiger partial charge in [0, 0.05) is 12.5 Å². The van der Waals surface area contributed by atoms with Gasteiger partial charge in [-0.05, 0) is 18.9 Å². The van der Waals surface area contributed by atoms with Crippen molar-refractivity contribution in [3.05, 3.63) is 10.9 Å². The van der Waals surface area contributed by atoms with Gasteiger partial charge in [0.1, 0.15) is 0 Å². The minimum Gasteiger partial charge on any atom is -0.397 e. The predicted molar refractivity (Wildman–Crippen MR) is 64.9 cm³/mol. The molecule has 1 aliphatic carbocycles. The summed E-state index contributed by atoms with van der Waals surface area (Å²) in [6, 6.07) is 1.52. The van der Waals surface area contributed by atoms with Crippen molar-refractivity contribution in [3.63, 3.8) is 0 Å². The molecule has 1 fully saturated rings. The van der Waals surface area contributed by atoms with Crippen LogP contribution in [0.25, 0.3) is 0 Å². The number of nitrogen functional groups attached to an aromatic ring is 1. The summed E-state index contributed by atoms with van der Waals surface area (Å²) >= 11 is 1.13. The van der Waals surface area contributed by atoms with E-state index in [-0.39, 0.29) is 18.2 Å². The molecule has 100 valence electrons. The maximum Gasteiger partial charge on any atom is 0.390 e. The fourth-order valence-corrected chi connectivity index (χ4v) is 2.57. The van der Waals surface area contributed by atoms with Gasteiger partial charge in [0.2, 0.25) is 0 Å². The molecule has 0 amide bonds. The Balaban J connectivity index is 1.94. The molecule has 0 saturated heterocycles. The number of hydrogen-bond donors (Lipinski definition) is 2. The number of halogens is 3. The Morgan fingerprint density at radius 3 is 2.72 bits per heavy atom. The van der Waals surface area contributed by atoms with Crippen LogP contribution < -0.4 is 11.1 Å². The Kier molecular flexibility index (Phi) is 3.52. The number of carbonyl (C=O) groups is 1. The van der Waals surface area contributed by atoms with Crippen molar-refractivity contribution in [2.24, 2.45) is 5.92 Å². The molecule has 1 aromatic rings. The van der Waals surface area contributed by atoms with E-state index in [0.717, 1.165) is 24.2 Å². The zero-order valence-electron chi connectivity index (χ0n) is 9.51. The predicted octanol–water partition coefficient (Wildman–Crippen LogP) is 3.29. The second-order valence-corrected chi connectivity index (χ2v) is 5.38. The zero-order chi connectivity index (χ0) is 13.3. The van der Waals surface area contributed by atoms with Crippen LogP contribution in [0, 0.1) is 5.92 Å². The highest BCUT2D eigenvalue weighted by Gasteiger charge is 2.32. The first-order valence-corrected chi connectivity index (χ1v) is 6.42. The fourth-order valence-electron chi connectivity index (χ4n) is 1.54. The first-order chi connectivity index (χ1) is 8.37. The second kappa shape index (κ2) is 4.79. The van der Waals surface area contributed by atoms with Crippen molar-refractivity contribution in [1.82, 2.24) is 0 Å². The normalized spacial score (nSPS) is 15.7. The SMILES string of the molecule is Nc1cc(NCCC(F)(F)F)sc1C(=O)C1CC1.